The van der Waals surface area contributed by atoms with E-state index in [-0.39, 0.29) is 29.3 Å². The van der Waals surface area contributed by atoms with Crippen LogP contribution < -0.4 is 4.74 Å². The highest BCUT2D eigenvalue weighted by molar-refractivity contribution is 7.13. The van der Waals surface area contributed by atoms with E-state index >= 15 is 0 Å². The summed E-state index contributed by atoms with van der Waals surface area (Å²) in [7, 11) is 0. The minimum absolute atomic E-state index is 0.134. The van der Waals surface area contributed by atoms with Gasteiger partial charge in [0.2, 0.25) is 5.69 Å². The average Bonchev–Trinajstić information content (AvgIpc) is 3.42. The predicted octanol–water partition coefficient (Wildman–Crippen LogP) is 2.36. The van der Waals surface area contributed by atoms with E-state index in [2.05, 4.69) is 15.1 Å². The fraction of sp³-hybridized carbons (Fsp3) is 0.235. The first-order valence-electron chi connectivity index (χ1n) is 7.92. The molecule has 1 aliphatic rings. The summed E-state index contributed by atoms with van der Waals surface area (Å²) in [4.78, 5) is 23.2. The number of carbonyl (C=O) groups is 1. The monoisotopic (exact) mass is 367 g/mol. The number of carbonyl (C=O) groups excluding carboxylic acids is 1. The molecule has 0 N–H and O–H groups in total. The first-order chi connectivity index (χ1) is 12.7. The van der Waals surface area contributed by atoms with Crippen molar-refractivity contribution in [3.05, 3.63) is 47.4 Å². The Morgan fingerprint density at radius 1 is 1.42 bits per heavy atom. The quantitative estimate of drug-likeness (QED) is 0.697. The van der Waals surface area contributed by atoms with E-state index < -0.39 is 0 Å². The van der Waals surface area contributed by atoms with Gasteiger partial charge in [-0.15, -0.1) is 11.3 Å². The zero-order valence-electron chi connectivity index (χ0n) is 13.5. The third-order valence-electron chi connectivity index (χ3n) is 3.97. The van der Waals surface area contributed by atoms with Crippen LogP contribution in [0.4, 0.5) is 0 Å². The van der Waals surface area contributed by atoms with Crippen LogP contribution in [0.5, 0.6) is 5.88 Å². The summed E-state index contributed by atoms with van der Waals surface area (Å²) in [5, 5.41) is 14.9. The third-order valence-corrected chi connectivity index (χ3v) is 4.86. The van der Waals surface area contributed by atoms with Crippen LogP contribution in [0.1, 0.15) is 22.6 Å². The molecule has 1 fully saturated rings. The maximum Gasteiger partial charge on any atom is 0.276 e. The smallest absolute Gasteiger partial charge is 0.276 e. The number of rotatable bonds is 4. The van der Waals surface area contributed by atoms with Crippen LogP contribution in [-0.2, 0) is 0 Å². The van der Waals surface area contributed by atoms with Gasteiger partial charge in [-0.25, -0.2) is 9.97 Å². The SMILES string of the molecule is N#Cc1nccnc1OC1CCN(C(=O)c2cc(-c3cccs3)on2)C1. The van der Waals surface area contributed by atoms with Crippen LogP contribution >= 0.6 is 11.3 Å². The van der Waals surface area contributed by atoms with E-state index in [1.54, 1.807) is 11.0 Å². The molecule has 0 saturated carbocycles. The van der Waals surface area contributed by atoms with Crippen molar-refractivity contribution in [2.75, 3.05) is 13.1 Å². The first kappa shape index (κ1) is 16.2. The Kier molecular flexibility index (Phi) is 4.33. The van der Waals surface area contributed by atoms with Gasteiger partial charge in [0.05, 0.1) is 11.4 Å². The van der Waals surface area contributed by atoms with Crippen molar-refractivity contribution in [3.8, 4) is 22.6 Å². The van der Waals surface area contributed by atoms with Crippen molar-refractivity contribution in [3.63, 3.8) is 0 Å². The van der Waals surface area contributed by atoms with Gasteiger partial charge in [-0.1, -0.05) is 11.2 Å². The number of amides is 1. The van der Waals surface area contributed by atoms with Crippen molar-refractivity contribution >= 4 is 17.2 Å². The van der Waals surface area contributed by atoms with Gasteiger partial charge >= 0.3 is 0 Å². The number of nitriles is 1. The van der Waals surface area contributed by atoms with Crippen LogP contribution in [0.3, 0.4) is 0 Å². The summed E-state index contributed by atoms with van der Waals surface area (Å²) >= 11 is 1.52. The van der Waals surface area contributed by atoms with E-state index in [9.17, 15) is 4.79 Å². The molecule has 1 unspecified atom stereocenters. The summed E-state index contributed by atoms with van der Waals surface area (Å²) in [6.07, 6.45) is 3.30. The fourth-order valence-electron chi connectivity index (χ4n) is 2.73. The van der Waals surface area contributed by atoms with Crippen molar-refractivity contribution in [1.29, 1.82) is 5.26 Å². The number of nitrogens with zero attached hydrogens (tertiary/aromatic N) is 5. The Balaban J connectivity index is 1.42. The fourth-order valence-corrected chi connectivity index (χ4v) is 3.40. The number of hydrogen-bond acceptors (Lipinski definition) is 8. The standard InChI is InChI=1S/C17H13N5O3S/c18-9-13-16(20-5-4-19-13)24-11-3-6-22(10-11)17(23)12-8-14(25-21-12)15-2-1-7-26-15/h1-2,4-5,7-8,11H,3,6,10H2. The van der Waals surface area contributed by atoms with Crippen LogP contribution in [0.15, 0.2) is 40.5 Å². The Hall–Kier alpha value is -3.25. The lowest BCUT2D eigenvalue weighted by molar-refractivity contribution is 0.0761. The summed E-state index contributed by atoms with van der Waals surface area (Å²) in [6.45, 7) is 0.925. The van der Waals surface area contributed by atoms with E-state index in [1.807, 2.05) is 23.6 Å². The minimum atomic E-state index is -0.244. The van der Waals surface area contributed by atoms with Gasteiger partial charge in [0.15, 0.2) is 11.5 Å². The second kappa shape index (κ2) is 6.93. The Bertz CT molecular complexity index is 963. The molecule has 26 heavy (non-hydrogen) atoms. The van der Waals surface area contributed by atoms with Gasteiger partial charge in [-0.3, -0.25) is 4.79 Å². The molecule has 0 spiro atoms. The van der Waals surface area contributed by atoms with E-state index in [1.165, 1.54) is 23.7 Å². The van der Waals surface area contributed by atoms with Crippen molar-refractivity contribution in [2.45, 2.75) is 12.5 Å². The molecule has 9 heteroatoms. The molecule has 1 atom stereocenters. The molecular formula is C17H13N5O3S. The summed E-state index contributed by atoms with van der Waals surface area (Å²) < 4.78 is 11.0. The Labute approximate surface area is 152 Å². The highest BCUT2D eigenvalue weighted by Gasteiger charge is 2.31. The number of thiophene rings is 1. The second-order valence-electron chi connectivity index (χ2n) is 5.66. The largest absolute Gasteiger partial charge is 0.470 e. The van der Waals surface area contributed by atoms with Crippen LogP contribution in [0, 0.1) is 11.3 Å². The molecule has 130 valence electrons. The van der Waals surface area contributed by atoms with Crippen LogP contribution in [0.2, 0.25) is 0 Å². The number of ether oxygens (including phenoxy) is 1. The topological polar surface area (TPSA) is 105 Å². The van der Waals surface area contributed by atoms with E-state index in [0.717, 1.165) is 4.88 Å². The maximum atomic E-state index is 12.6. The molecule has 0 bridgehead atoms. The van der Waals surface area contributed by atoms with Crippen LogP contribution in [-0.4, -0.2) is 45.1 Å². The first-order valence-corrected chi connectivity index (χ1v) is 8.80. The molecular weight excluding hydrogens is 354 g/mol. The Morgan fingerprint density at radius 2 is 2.31 bits per heavy atom. The molecule has 0 radical (unpaired) electrons. The van der Waals surface area contributed by atoms with Crippen molar-refractivity contribution in [1.82, 2.24) is 20.0 Å². The maximum absolute atomic E-state index is 12.6. The molecule has 1 amide bonds. The molecule has 0 aromatic carbocycles. The molecule has 4 heterocycles. The molecule has 1 aliphatic heterocycles. The minimum Gasteiger partial charge on any atom is -0.470 e. The lowest BCUT2D eigenvalue weighted by Gasteiger charge is -2.15. The second-order valence-corrected chi connectivity index (χ2v) is 6.60. The lowest BCUT2D eigenvalue weighted by atomic mass is 10.3. The predicted molar refractivity (Wildman–Crippen MR) is 91.5 cm³/mol. The molecule has 0 aliphatic carbocycles. The lowest BCUT2D eigenvalue weighted by Crippen LogP contribution is -2.31. The number of aromatic nitrogens is 3. The van der Waals surface area contributed by atoms with Gasteiger partial charge < -0.3 is 14.2 Å². The zero-order valence-corrected chi connectivity index (χ0v) is 14.3. The summed E-state index contributed by atoms with van der Waals surface area (Å²) in [5.74, 6) is 0.562. The van der Waals surface area contributed by atoms with Crippen molar-refractivity contribution < 1.29 is 14.1 Å². The molecule has 4 rings (SSSR count). The third kappa shape index (κ3) is 3.14. The average molecular weight is 367 g/mol. The zero-order chi connectivity index (χ0) is 17.9. The molecule has 8 nitrogen and oxygen atoms in total. The van der Waals surface area contributed by atoms with E-state index in [0.29, 0.717) is 25.3 Å². The van der Waals surface area contributed by atoms with Crippen LogP contribution in [0.25, 0.3) is 10.6 Å². The van der Waals surface area contributed by atoms with Crippen molar-refractivity contribution in [2.24, 2.45) is 0 Å². The highest BCUT2D eigenvalue weighted by Crippen LogP contribution is 2.26. The van der Waals surface area contributed by atoms with Gasteiger partial charge in [0, 0.05) is 31.4 Å². The molecule has 1 saturated heterocycles. The van der Waals surface area contributed by atoms with Gasteiger partial charge in [-0.2, -0.15) is 5.26 Å². The number of hydrogen-bond donors (Lipinski definition) is 0. The summed E-state index contributed by atoms with van der Waals surface area (Å²) in [6, 6.07) is 7.42. The van der Waals surface area contributed by atoms with Gasteiger partial charge in [0.1, 0.15) is 12.2 Å². The summed E-state index contributed by atoms with van der Waals surface area (Å²) in [5.41, 5.74) is 0.403. The van der Waals surface area contributed by atoms with E-state index in [4.69, 9.17) is 14.5 Å². The molecule has 3 aromatic heterocycles. The van der Waals surface area contributed by atoms with Gasteiger partial charge in [0.25, 0.3) is 11.8 Å². The normalized spacial score (nSPS) is 16.4. The Morgan fingerprint density at radius 3 is 3.12 bits per heavy atom. The van der Waals surface area contributed by atoms with Gasteiger partial charge in [-0.05, 0) is 11.4 Å². The number of likely N-dealkylation sites (tertiary alicyclic amines) is 1. The highest BCUT2D eigenvalue weighted by atomic mass is 32.1. The molecule has 3 aromatic rings.